The number of β-lactam (4-membered cyclic amide) rings is 1. The van der Waals surface area contributed by atoms with E-state index in [0.717, 1.165) is 16.4 Å². The number of hydrogen-bond donors (Lipinski definition) is 2. The Bertz CT molecular complexity index is 1230. The maximum Gasteiger partial charge on any atom is 0.352 e. The van der Waals surface area contributed by atoms with Gasteiger partial charge in [-0.25, -0.2) is 9.48 Å². The van der Waals surface area contributed by atoms with Crippen LogP contribution in [0.2, 0.25) is 0 Å². The Hall–Kier alpha value is -3.79. The molecule has 0 radical (unpaired) electrons. The molecule has 1 aromatic heterocycles. The van der Waals surface area contributed by atoms with Gasteiger partial charge >= 0.3 is 11.9 Å². The molecule has 3 heterocycles. The van der Waals surface area contributed by atoms with Gasteiger partial charge in [-0.05, 0) is 33.7 Å². The molecule has 1 unspecified atom stereocenters. The van der Waals surface area contributed by atoms with Crippen molar-refractivity contribution < 1.29 is 29.5 Å². The largest absolute Gasteiger partial charge is 0.480 e. The van der Waals surface area contributed by atoms with Gasteiger partial charge in [0.05, 0.1) is 4.92 Å². The molecule has 0 spiro atoms. The Labute approximate surface area is 198 Å². The fourth-order valence-electron chi connectivity index (χ4n) is 3.31. The molecule has 0 saturated carbocycles. The SMILES string of the molecule is O=C(O)Cn1nnnc1SCC1=C(C(=O)O)N2C(=O)C(N=Cc3ccc([N+](=O)[O-])cc3)[C@H]2SC1. The molecule has 2 aliphatic rings. The maximum absolute atomic E-state index is 12.7. The van der Waals surface area contributed by atoms with E-state index in [0.29, 0.717) is 16.9 Å². The summed E-state index contributed by atoms with van der Waals surface area (Å²) in [6.07, 6.45) is 1.43. The average molecular weight is 505 g/mol. The summed E-state index contributed by atoms with van der Waals surface area (Å²) in [5.41, 5.74) is 0.863. The van der Waals surface area contributed by atoms with E-state index < -0.39 is 40.7 Å². The van der Waals surface area contributed by atoms with Crippen molar-refractivity contribution in [3.63, 3.8) is 0 Å². The molecule has 2 aliphatic heterocycles. The lowest BCUT2D eigenvalue weighted by molar-refractivity contribution is -0.384. The van der Waals surface area contributed by atoms with Gasteiger partial charge in [0.2, 0.25) is 5.16 Å². The highest BCUT2D eigenvalue weighted by Crippen LogP contribution is 2.42. The first-order chi connectivity index (χ1) is 16.3. The molecular formula is C18H15N7O7S2. The second-order valence-electron chi connectivity index (χ2n) is 7.04. The van der Waals surface area contributed by atoms with Crippen LogP contribution in [0.4, 0.5) is 5.69 Å². The third kappa shape index (κ3) is 4.62. The lowest BCUT2D eigenvalue weighted by Crippen LogP contribution is -2.64. The van der Waals surface area contributed by atoms with E-state index in [4.69, 9.17) is 5.11 Å². The number of aromatic nitrogens is 4. The Kier molecular flexibility index (Phi) is 6.60. The summed E-state index contributed by atoms with van der Waals surface area (Å²) in [6.45, 7) is -0.434. The first-order valence-corrected chi connectivity index (χ1v) is 11.6. The van der Waals surface area contributed by atoms with Crippen molar-refractivity contribution in [3.8, 4) is 0 Å². The molecule has 34 heavy (non-hydrogen) atoms. The number of carbonyl (C=O) groups excluding carboxylic acids is 1. The number of carboxylic acid groups (broad SMARTS) is 2. The molecule has 1 aromatic carbocycles. The second kappa shape index (κ2) is 9.60. The first-order valence-electron chi connectivity index (χ1n) is 9.54. The zero-order valence-electron chi connectivity index (χ0n) is 17.0. The quantitative estimate of drug-likeness (QED) is 0.158. The summed E-state index contributed by atoms with van der Waals surface area (Å²) in [7, 11) is 0. The van der Waals surface area contributed by atoms with Gasteiger partial charge in [0.1, 0.15) is 17.6 Å². The molecule has 14 nitrogen and oxygen atoms in total. The van der Waals surface area contributed by atoms with Crippen LogP contribution in [0, 0.1) is 10.1 Å². The summed E-state index contributed by atoms with van der Waals surface area (Å²) in [5, 5.41) is 39.9. The molecule has 176 valence electrons. The molecule has 1 amide bonds. The summed E-state index contributed by atoms with van der Waals surface area (Å²) >= 11 is 2.44. The molecule has 2 atom stereocenters. The Balaban J connectivity index is 1.47. The van der Waals surface area contributed by atoms with Gasteiger partial charge in [0, 0.05) is 29.9 Å². The van der Waals surface area contributed by atoms with E-state index in [-0.39, 0.29) is 22.3 Å². The number of tetrazole rings is 1. The van der Waals surface area contributed by atoms with Crippen LogP contribution in [0.3, 0.4) is 0 Å². The van der Waals surface area contributed by atoms with Crippen molar-refractivity contribution in [1.82, 2.24) is 25.1 Å². The van der Waals surface area contributed by atoms with Crippen LogP contribution >= 0.6 is 23.5 Å². The smallest absolute Gasteiger partial charge is 0.352 e. The number of nitro benzene ring substituents is 1. The normalized spacial score (nSPS) is 19.8. The minimum atomic E-state index is -1.25. The third-order valence-corrected chi connectivity index (χ3v) is 7.24. The molecule has 1 saturated heterocycles. The minimum absolute atomic E-state index is 0.0653. The number of aliphatic carboxylic acids is 2. The number of benzene rings is 1. The Morgan fingerprint density at radius 3 is 2.71 bits per heavy atom. The fraction of sp³-hybridized carbons (Fsp3) is 0.278. The average Bonchev–Trinajstić information content (AvgIpc) is 3.23. The van der Waals surface area contributed by atoms with Crippen LogP contribution in [0.1, 0.15) is 5.56 Å². The Morgan fingerprint density at radius 1 is 1.32 bits per heavy atom. The van der Waals surface area contributed by atoms with Gasteiger partial charge in [-0.2, -0.15) is 0 Å². The highest BCUT2D eigenvalue weighted by molar-refractivity contribution is 8.01. The van der Waals surface area contributed by atoms with Crippen LogP contribution in [0.15, 0.2) is 45.7 Å². The van der Waals surface area contributed by atoms with Crippen LogP contribution in [0.5, 0.6) is 0 Å². The van der Waals surface area contributed by atoms with Crippen molar-refractivity contribution in [3.05, 3.63) is 51.2 Å². The molecule has 16 heteroatoms. The number of carboxylic acids is 2. The standard InChI is InChI=1S/C18H15N7O7S2/c26-12(27)6-23-18(20-21-22-23)34-8-10-7-33-16-13(15(28)24(16)14(10)17(29)30)19-5-9-1-3-11(4-2-9)25(31)32/h1-5,13,16H,6-8H2,(H,26,27)(H,29,30)/t13?,16-/m1/s1. The molecule has 0 aliphatic carbocycles. The molecule has 2 aromatic rings. The third-order valence-electron chi connectivity index (χ3n) is 4.87. The summed E-state index contributed by atoms with van der Waals surface area (Å²) in [6, 6.07) is 4.90. The van der Waals surface area contributed by atoms with Gasteiger partial charge in [0.25, 0.3) is 11.6 Å². The van der Waals surface area contributed by atoms with E-state index in [1.165, 1.54) is 47.1 Å². The van der Waals surface area contributed by atoms with Crippen molar-refractivity contribution in [1.29, 1.82) is 0 Å². The topological polar surface area (TPSA) is 194 Å². The van der Waals surface area contributed by atoms with Crippen LogP contribution in [-0.2, 0) is 20.9 Å². The van der Waals surface area contributed by atoms with Gasteiger partial charge in [-0.15, -0.1) is 16.9 Å². The maximum atomic E-state index is 12.7. The summed E-state index contributed by atoms with van der Waals surface area (Å²) < 4.78 is 1.09. The Morgan fingerprint density at radius 2 is 2.06 bits per heavy atom. The number of nitro groups is 1. The molecule has 4 rings (SSSR count). The second-order valence-corrected chi connectivity index (χ2v) is 9.09. The van der Waals surface area contributed by atoms with E-state index in [9.17, 15) is 29.6 Å². The van der Waals surface area contributed by atoms with Crippen molar-refractivity contribution in [2.75, 3.05) is 11.5 Å². The number of non-ortho nitro benzene ring substituents is 1. The van der Waals surface area contributed by atoms with Crippen molar-refractivity contribution in [2.24, 2.45) is 4.99 Å². The number of aliphatic imine (C=N–C) groups is 1. The number of nitrogens with zero attached hydrogens (tertiary/aromatic N) is 7. The lowest BCUT2D eigenvalue weighted by atomic mass is 10.0. The van der Waals surface area contributed by atoms with E-state index in [1.807, 2.05) is 0 Å². The molecular weight excluding hydrogens is 490 g/mol. The van der Waals surface area contributed by atoms with Gasteiger partial charge in [-0.1, -0.05) is 11.8 Å². The summed E-state index contributed by atoms with van der Waals surface area (Å²) in [5.74, 6) is -2.36. The van der Waals surface area contributed by atoms with Crippen molar-refractivity contribution in [2.45, 2.75) is 23.1 Å². The number of fused-ring (bicyclic) bond motifs is 1. The van der Waals surface area contributed by atoms with Crippen molar-refractivity contribution >= 4 is 53.3 Å². The van der Waals surface area contributed by atoms with Gasteiger partial charge < -0.3 is 10.2 Å². The predicted molar refractivity (Wildman–Crippen MR) is 118 cm³/mol. The molecule has 2 N–H and O–H groups in total. The van der Waals surface area contributed by atoms with Crippen LogP contribution in [0.25, 0.3) is 0 Å². The highest BCUT2D eigenvalue weighted by Gasteiger charge is 2.53. The van der Waals surface area contributed by atoms with E-state index in [2.05, 4.69) is 20.5 Å². The van der Waals surface area contributed by atoms with Crippen LogP contribution in [-0.4, -0.2) is 87.2 Å². The number of rotatable bonds is 9. The summed E-state index contributed by atoms with van der Waals surface area (Å²) in [4.78, 5) is 51.3. The lowest BCUT2D eigenvalue weighted by Gasteiger charge is -2.47. The zero-order valence-corrected chi connectivity index (χ0v) is 18.7. The fourth-order valence-corrected chi connectivity index (χ4v) is 5.66. The monoisotopic (exact) mass is 505 g/mol. The number of thioether (sulfide) groups is 2. The molecule has 0 bridgehead atoms. The van der Waals surface area contributed by atoms with Crippen LogP contribution < -0.4 is 0 Å². The van der Waals surface area contributed by atoms with Gasteiger partial charge in [-0.3, -0.25) is 29.6 Å². The zero-order chi connectivity index (χ0) is 24.4. The van der Waals surface area contributed by atoms with Gasteiger partial charge in [0.15, 0.2) is 6.04 Å². The van der Waals surface area contributed by atoms with E-state index in [1.54, 1.807) is 0 Å². The number of amides is 1. The highest BCUT2D eigenvalue weighted by atomic mass is 32.2. The number of carbonyl (C=O) groups is 3. The molecule has 1 fully saturated rings. The van der Waals surface area contributed by atoms with E-state index >= 15 is 0 Å². The minimum Gasteiger partial charge on any atom is -0.480 e. The first kappa shape index (κ1) is 23.4. The number of hydrogen-bond acceptors (Lipinski definition) is 11. The predicted octanol–water partition coefficient (Wildman–Crippen LogP) is 0.500.